The predicted octanol–water partition coefficient (Wildman–Crippen LogP) is 2.59. The molecule has 23 heavy (non-hydrogen) atoms. The summed E-state index contributed by atoms with van der Waals surface area (Å²) in [6.45, 7) is 8.62. The first-order chi connectivity index (χ1) is 10.9. The first-order valence-electron chi connectivity index (χ1n) is 8.05. The number of pyridine rings is 1. The monoisotopic (exact) mass is 314 g/mol. The van der Waals surface area contributed by atoms with Crippen molar-refractivity contribution in [1.29, 1.82) is 0 Å². The molecule has 1 amide bonds. The molecule has 2 aromatic rings. The van der Waals surface area contributed by atoms with Crippen molar-refractivity contribution in [2.45, 2.75) is 40.2 Å². The fourth-order valence-corrected chi connectivity index (χ4v) is 2.88. The highest BCUT2D eigenvalue weighted by Gasteiger charge is 2.19. The number of amides is 1. The summed E-state index contributed by atoms with van der Waals surface area (Å²) in [5.74, 6) is 1.24. The standard InChI is InChI=1S/C18H26N4O/c1-12(2)9-15(11-19)21-18(23)16-10-13(3)22(14(16)4)17-7-5-6-8-20-17/h5-8,10,12,15H,9,11,19H2,1-4H3,(H,21,23). The summed E-state index contributed by atoms with van der Waals surface area (Å²) in [7, 11) is 0. The van der Waals surface area contributed by atoms with E-state index in [2.05, 4.69) is 24.1 Å². The van der Waals surface area contributed by atoms with E-state index in [1.807, 2.05) is 42.7 Å². The van der Waals surface area contributed by atoms with Crippen molar-refractivity contribution in [3.8, 4) is 5.82 Å². The summed E-state index contributed by atoms with van der Waals surface area (Å²) in [5.41, 5.74) is 8.33. The molecule has 5 heteroatoms. The van der Waals surface area contributed by atoms with Crippen LogP contribution in [0.5, 0.6) is 0 Å². The van der Waals surface area contributed by atoms with Gasteiger partial charge < -0.3 is 15.6 Å². The number of nitrogens with one attached hydrogen (secondary N) is 1. The Morgan fingerprint density at radius 3 is 2.65 bits per heavy atom. The van der Waals surface area contributed by atoms with Gasteiger partial charge in [-0.3, -0.25) is 4.79 Å². The third-order valence-corrected chi connectivity index (χ3v) is 3.93. The fourth-order valence-electron chi connectivity index (χ4n) is 2.88. The normalized spacial score (nSPS) is 12.4. The number of hydrogen-bond donors (Lipinski definition) is 2. The highest BCUT2D eigenvalue weighted by Crippen LogP contribution is 2.19. The summed E-state index contributed by atoms with van der Waals surface area (Å²) in [6, 6.07) is 7.66. The fraction of sp³-hybridized carbons (Fsp3) is 0.444. The van der Waals surface area contributed by atoms with E-state index in [-0.39, 0.29) is 11.9 Å². The molecule has 0 saturated carbocycles. The van der Waals surface area contributed by atoms with Crippen LogP contribution in [-0.4, -0.2) is 28.0 Å². The topological polar surface area (TPSA) is 72.9 Å². The second-order valence-corrected chi connectivity index (χ2v) is 6.34. The Hall–Kier alpha value is -2.14. The molecule has 2 aromatic heterocycles. The molecule has 0 spiro atoms. The summed E-state index contributed by atoms with van der Waals surface area (Å²) in [5, 5.41) is 3.05. The summed E-state index contributed by atoms with van der Waals surface area (Å²) < 4.78 is 1.99. The van der Waals surface area contributed by atoms with E-state index in [9.17, 15) is 4.79 Å². The Kier molecular flexibility index (Phi) is 5.55. The first kappa shape index (κ1) is 17.2. The molecular formula is C18H26N4O. The van der Waals surface area contributed by atoms with Gasteiger partial charge in [-0.15, -0.1) is 0 Å². The van der Waals surface area contributed by atoms with Crippen molar-refractivity contribution in [2.75, 3.05) is 6.54 Å². The number of hydrogen-bond acceptors (Lipinski definition) is 3. The van der Waals surface area contributed by atoms with Crippen LogP contribution < -0.4 is 11.1 Å². The molecule has 2 heterocycles. The number of carbonyl (C=O) groups excluding carboxylic acids is 1. The molecule has 0 aromatic carbocycles. The van der Waals surface area contributed by atoms with E-state index in [4.69, 9.17) is 5.73 Å². The zero-order valence-electron chi connectivity index (χ0n) is 14.3. The van der Waals surface area contributed by atoms with E-state index in [0.717, 1.165) is 23.6 Å². The number of aryl methyl sites for hydroxylation is 1. The second kappa shape index (κ2) is 7.42. The third kappa shape index (κ3) is 3.99. The lowest BCUT2D eigenvalue weighted by atomic mass is 10.0. The van der Waals surface area contributed by atoms with Crippen molar-refractivity contribution in [2.24, 2.45) is 11.7 Å². The maximum absolute atomic E-state index is 12.6. The molecular weight excluding hydrogens is 288 g/mol. The minimum atomic E-state index is -0.0728. The molecule has 0 radical (unpaired) electrons. The van der Waals surface area contributed by atoms with E-state index >= 15 is 0 Å². The van der Waals surface area contributed by atoms with Crippen LogP contribution >= 0.6 is 0 Å². The van der Waals surface area contributed by atoms with Crippen LogP contribution in [0.2, 0.25) is 0 Å². The van der Waals surface area contributed by atoms with Gasteiger partial charge in [-0.1, -0.05) is 19.9 Å². The van der Waals surface area contributed by atoms with Gasteiger partial charge in [0.1, 0.15) is 5.82 Å². The highest BCUT2D eigenvalue weighted by molar-refractivity contribution is 5.96. The van der Waals surface area contributed by atoms with Gasteiger partial charge in [0, 0.05) is 30.2 Å². The quantitative estimate of drug-likeness (QED) is 0.861. The maximum atomic E-state index is 12.6. The lowest BCUT2D eigenvalue weighted by Crippen LogP contribution is -2.41. The van der Waals surface area contributed by atoms with Gasteiger partial charge in [0.15, 0.2) is 0 Å². The third-order valence-electron chi connectivity index (χ3n) is 3.93. The van der Waals surface area contributed by atoms with Crippen molar-refractivity contribution in [1.82, 2.24) is 14.9 Å². The Bertz CT molecular complexity index is 661. The van der Waals surface area contributed by atoms with Crippen molar-refractivity contribution in [3.63, 3.8) is 0 Å². The molecule has 3 N–H and O–H groups in total. The zero-order valence-corrected chi connectivity index (χ0v) is 14.3. The molecule has 1 unspecified atom stereocenters. The molecule has 0 aliphatic rings. The molecule has 5 nitrogen and oxygen atoms in total. The average Bonchev–Trinajstić information content (AvgIpc) is 2.82. The lowest BCUT2D eigenvalue weighted by Gasteiger charge is -2.18. The van der Waals surface area contributed by atoms with Crippen molar-refractivity contribution < 1.29 is 4.79 Å². The number of carbonyl (C=O) groups is 1. The van der Waals surface area contributed by atoms with Crippen LogP contribution in [0.1, 0.15) is 42.0 Å². The zero-order chi connectivity index (χ0) is 17.0. The molecule has 124 valence electrons. The van der Waals surface area contributed by atoms with Crippen LogP contribution in [0.15, 0.2) is 30.5 Å². The second-order valence-electron chi connectivity index (χ2n) is 6.34. The summed E-state index contributed by atoms with van der Waals surface area (Å²) in [4.78, 5) is 17.0. The Balaban J connectivity index is 2.26. The largest absolute Gasteiger partial charge is 0.348 e. The molecule has 0 fully saturated rings. The van der Waals surface area contributed by atoms with E-state index in [0.29, 0.717) is 18.0 Å². The van der Waals surface area contributed by atoms with Gasteiger partial charge >= 0.3 is 0 Å². The summed E-state index contributed by atoms with van der Waals surface area (Å²) in [6.07, 6.45) is 2.63. The van der Waals surface area contributed by atoms with Crippen LogP contribution in [0, 0.1) is 19.8 Å². The van der Waals surface area contributed by atoms with Gasteiger partial charge in [0.25, 0.3) is 5.91 Å². The molecule has 0 saturated heterocycles. The van der Waals surface area contributed by atoms with Crippen molar-refractivity contribution >= 4 is 5.91 Å². The summed E-state index contributed by atoms with van der Waals surface area (Å²) >= 11 is 0. The number of rotatable bonds is 6. The number of nitrogens with zero attached hydrogens (tertiary/aromatic N) is 2. The van der Waals surface area contributed by atoms with Crippen LogP contribution in [0.3, 0.4) is 0 Å². The van der Waals surface area contributed by atoms with Gasteiger partial charge in [-0.2, -0.15) is 0 Å². The lowest BCUT2D eigenvalue weighted by molar-refractivity contribution is 0.0933. The molecule has 1 atom stereocenters. The predicted molar refractivity (Wildman–Crippen MR) is 92.8 cm³/mol. The highest BCUT2D eigenvalue weighted by atomic mass is 16.1. The van der Waals surface area contributed by atoms with Crippen molar-refractivity contribution in [3.05, 3.63) is 47.4 Å². The Labute approximate surface area is 137 Å². The number of nitrogens with two attached hydrogens (primary N) is 1. The average molecular weight is 314 g/mol. The molecule has 2 rings (SSSR count). The van der Waals surface area contributed by atoms with E-state index in [1.165, 1.54) is 0 Å². The van der Waals surface area contributed by atoms with E-state index < -0.39 is 0 Å². The molecule has 0 aliphatic carbocycles. The first-order valence-corrected chi connectivity index (χ1v) is 8.05. The van der Waals surface area contributed by atoms with Gasteiger partial charge in [-0.05, 0) is 44.4 Å². The minimum absolute atomic E-state index is 0.000376. The Morgan fingerprint density at radius 1 is 1.35 bits per heavy atom. The molecule has 0 bridgehead atoms. The minimum Gasteiger partial charge on any atom is -0.348 e. The van der Waals surface area contributed by atoms with E-state index in [1.54, 1.807) is 6.20 Å². The van der Waals surface area contributed by atoms with Crippen LogP contribution in [-0.2, 0) is 0 Å². The Morgan fingerprint density at radius 2 is 2.09 bits per heavy atom. The van der Waals surface area contributed by atoms with Gasteiger partial charge in [0.05, 0.1) is 5.56 Å². The smallest absolute Gasteiger partial charge is 0.253 e. The van der Waals surface area contributed by atoms with Gasteiger partial charge in [0.2, 0.25) is 0 Å². The van der Waals surface area contributed by atoms with Crippen LogP contribution in [0.4, 0.5) is 0 Å². The SMILES string of the molecule is Cc1cc(C(=O)NC(CN)CC(C)C)c(C)n1-c1ccccn1. The van der Waals surface area contributed by atoms with Gasteiger partial charge in [-0.25, -0.2) is 4.98 Å². The van der Waals surface area contributed by atoms with Crippen LogP contribution in [0.25, 0.3) is 5.82 Å². The number of aromatic nitrogens is 2. The maximum Gasteiger partial charge on any atom is 0.253 e. The molecule has 0 aliphatic heterocycles.